The summed E-state index contributed by atoms with van der Waals surface area (Å²) in [6, 6.07) is 13.1. The molecule has 2 aromatic heterocycles. The number of anilines is 3. The van der Waals surface area contributed by atoms with Crippen LogP contribution in [-0.4, -0.2) is 51.5 Å². The third-order valence-corrected chi connectivity index (χ3v) is 6.41. The monoisotopic (exact) mass is 476 g/mol. The van der Waals surface area contributed by atoms with Crippen molar-refractivity contribution in [1.29, 1.82) is 0 Å². The first kappa shape index (κ1) is 24.3. The van der Waals surface area contributed by atoms with Crippen LogP contribution >= 0.6 is 0 Å². The van der Waals surface area contributed by atoms with Gasteiger partial charge in [-0.3, -0.25) is 19.1 Å². The van der Waals surface area contributed by atoms with Crippen molar-refractivity contribution in [3.63, 3.8) is 0 Å². The Morgan fingerprint density at radius 1 is 1.09 bits per heavy atom. The van der Waals surface area contributed by atoms with Crippen molar-refractivity contribution in [2.75, 3.05) is 36.4 Å². The minimum Gasteiger partial charge on any atom is -0.353 e. The van der Waals surface area contributed by atoms with E-state index in [2.05, 4.69) is 34.0 Å². The first-order valence-electron chi connectivity index (χ1n) is 12.1. The number of rotatable bonds is 8. The number of piperazine rings is 1. The molecule has 9 heteroatoms. The van der Waals surface area contributed by atoms with Gasteiger partial charge in [0.2, 0.25) is 5.91 Å². The highest BCUT2D eigenvalue weighted by Gasteiger charge is 2.21. The third-order valence-electron chi connectivity index (χ3n) is 6.41. The van der Waals surface area contributed by atoms with E-state index in [1.807, 2.05) is 41.3 Å². The number of benzene rings is 1. The van der Waals surface area contributed by atoms with Gasteiger partial charge < -0.3 is 15.1 Å². The van der Waals surface area contributed by atoms with Crippen LogP contribution < -0.4 is 21.5 Å². The molecule has 4 rings (SSSR count). The van der Waals surface area contributed by atoms with Gasteiger partial charge >= 0.3 is 5.69 Å². The van der Waals surface area contributed by atoms with Gasteiger partial charge in [-0.1, -0.05) is 19.1 Å². The Balaban J connectivity index is 1.29. The number of H-pyrrole nitrogens is 1. The first-order chi connectivity index (χ1) is 16.9. The average Bonchev–Trinajstić information content (AvgIpc) is 2.87. The van der Waals surface area contributed by atoms with Gasteiger partial charge in [-0.2, -0.15) is 0 Å². The molecule has 184 valence electrons. The summed E-state index contributed by atoms with van der Waals surface area (Å²) < 4.78 is 1.14. The number of pyridine rings is 1. The van der Waals surface area contributed by atoms with Crippen LogP contribution in [0.3, 0.4) is 0 Å². The SMILES string of the molecule is CCc1cc(Nc2cc(=O)n(CCCC(=O)N3CCN(c4ccccn4)CC3)c(=O)[nH]2)ccc1C. The molecule has 0 radical (unpaired) electrons. The van der Waals surface area contributed by atoms with Crippen molar-refractivity contribution in [3.05, 3.63) is 80.6 Å². The summed E-state index contributed by atoms with van der Waals surface area (Å²) in [6.45, 7) is 7.07. The highest BCUT2D eigenvalue weighted by Crippen LogP contribution is 2.18. The number of carbonyl (C=O) groups is 1. The predicted molar refractivity (Wildman–Crippen MR) is 137 cm³/mol. The van der Waals surface area contributed by atoms with Crippen molar-refractivity contribution in [2.45, 2.75) is 39.7 Å². The summed E-state index contributed by atoms with van der Waals surface area (Å²) in [6.07, 6.45) is 3.38. The highest BCUT2D eigenvalue weighted by molar-refractivity contribution is 5.76. The molecule has 9 nitrogen and oxygen atoms in total. The summed E-state index contributed by atoms with van der Waals surface area (Å²) in [5.41, 5.74) is 2.34. The lowest BCUT2D eigenvalue weighted by Crippen LogP contribution is -2.49. The summed E-state index contributed by atoms with van der Waals surface area (Å²) in [5.74, 6) is 1.31. The van der Waals surface area contributed by atoms with Gasteiger partial charge in [0.15, 0.2) is 0 Å². The number of nitrogens with one attached hydrogen (secondary N) is 2. The molecule has 0 saturated carbocycles. The number of aromatic amines is 1. The zero-order valence-electron chi connectivity index (χ0n) is 20.3. The number of nitrogens with zero attached hydrogens (tertiary/aromatic N) is 4. The van der Waals surface area contributed by atoms with Crippen LogP contribution in [0.2, 0.25) is 0 Å². The summed E-state index contributed by atoms with van der Waals surface area (Å²) >= 11 is 0. The van der Waals surface area contributed by atoms with Gasteiger partial charge in [0.25, 0.3) is 5.56 Å². The lowest BCUT2D eigenvalue weighted by atomic mass is 10.1. The minimum absolute atomic E-state index is 0.0412. The maximum absolute atomic E-state index is 12.6. The molecule has 1 fully saturated rings. The normalized spacial score (nSPS) is 13.7. The fraction of sp³-hybridized carbons (Fsp3) is 0.385. The van der Waals surface area contributed by atoms with Gasteiger partial charge in [0.05, 0.1) is 0 Å². The number of aromatic nitrogens is 3. The average molecular weight is 477 g/mol. The van der Waals surface area contributed by atoms with Gasteiger partial charge in [-0.25, -0.2) is 9.78 Å². The number of carbonyl (C=O) groups excluding carboxylic acids is 1. The highest BCUT2D eigenvalue weighted by atomic mass is 16.2. The van der Waals surface area contributed by atoms with Gasteiger partial charge in [0, 0.05) is 57.1 Å². The molecule has 3 heterocycles. The lowest BCUT2D eigenvalue weighted by molar-refractivity contribution is -0.131. The Bertz CT molecular complexity index is 1240. The molecule has 1 aromatic carbocycles. The summed E-state index contributed by atoms with van der Waals surface area (Å²) in [7, 11) is 0. The van der Waals surface area contributed by atoms with E-state index in [1.165, 1.54) is 17.2 Å². The summed E-state index contributed by atoms with van der Waals surface area (Å²) in [4.78, 5) is 48.9. The number of hydrogen-bond acceptors (Lipinski definition) is 6. The zero-order chi connectivity index (χ0) is 24.8. The minimum atomic E-state index is -0.487. The quantitative estimate of drug-likeness (QED) is 0.518. The van der Waals surface area contributed by atoms with Crippen molar-refractivity contribution in [1.82, 2.24) is 19.4 Å². The smallest absolute Gasteiger partial charge is 0.329 e. The van der Waals surface area contributed by atoms with Crippen LogP contribution in [0.15, 0.2) is 58.3 Å². The third kappa shape index (κ3) is 5.98. The molecule has 0 spiro atoms. The van der Waals surface area contributed by atoms with Crippen molar-refractivity contribution in [3.8, 4) is 0 Å². The van der Waals surface area contributed by atoms with E-state index in [1.54, 1.807) is 6.20 Å². The molecule has 0 atom stereocenters. The molecule has 1 aliphatic heterocycles. The van der Waals surface area contributed by atoms with Gasteiger partial charge in [-0.15, -0.1) is 0 Å². The van der Waals surface area contributed by atoms with E-state index in [-0.39, 0.29) is 12.5 Å². The Hall–Kier alpha value is -3.88. The van der Waals surface area contributed by atoms with Crippen LogP contribution in [0.25, 0.3) is 0 Å². The largest absolute Gasteiger partial charge is 0.353 e. The Labute approximate surface area is 204 Å². The fourth-order valence-electron chi connectivity index (χ4n) is 4.36. The molecular weight excluding hydrogens is 444 g/mol. The van der Waals surface area contributed by atoms with Crippen LogP contribution in [-0.2, 0) is 17.8 Å². The van der Waals surface area contributed by atoms with Crippen LogP contribution in [0, 0.1) is 6.92 Å². The number of hydrogen-bond donors (Lipinski definition) is 2. The van der Waals surface area contributed by atoms with E-state index in [4.69, 9.17) is 0 Å². The van der Waals surface area contributed by atoms with Crippen LogP contribution in [0.4, 0.5) is 17.3 Å². The van der Waals surface area contributed by atoms with Gasteiger partial charge in [-0.05, 0) is 55.2 Å². The van der Waals surface area contributed by atoms with Crippen molar-refractivity contribution < 1.29 is 4.79 Å². The molecule has 0 aliphatic carbocycles. The molecule has 0 unspecified atom stereocenters. The maximum Gasteiger partial charge on any atom is 0.329 e. The maximum atomic E-state index is 12.6. The van der Waals surface area contributed by atoms with E-state index in [0.717, 1.165) is 35.6 Å². The van der Waals surface area contributed by atoms with E-state index < -0.39 is 11.2 Å². The molecule has 1 aliphatic rings. The van der Waals surface area contributed by atoms with E-state index in [0.29, 0.717) is 31.7 Å². The van der Waals surface area contributed by atoms with Gasteiger partial charge in [0.1, 0.15) is 11.6 Å². The van der Waals surface area contributed by atoms with E-state index >= 15 is 0 Å². The molecule has 1 amide bonds. The second kappa shape index (κ2) is 11.0. The fourth-order valence-corrected chi connectivity index (χ4v) is 4.36. The second-order valence-corrected chi connectivity index (χ2v) is 8.76. The molecule has 1 saturated heterocycles. The first-order valence-corrected chi connectivity index (χ1v) is 12.1. The molecule has 3 aromatic rings. The molecule has 0 bridgehead atoms. The number of amides is 1. The van der Waals surface area contributed by atoms with E-state index in [9.17, 15) is 14.4 Å². The molecule has 2 N–H and O–H groups in total. The standard InChI is InChI=1S/C26H32N6O3/c1-3-20-17-21(10-9-19(20)2)28-22-18-25(34)32(26(35)29-22)12-6-8-24(33)31-15-13-30(14-16-31)23-7-4-5-11-27-23/h4-5,7,9-11,17-18,28H,3,6,8,12-16H2,1-2H3,(H,29,35). The predicted octanol–water partition coefficient (Wildman–Crippen LogP) is 2.68. The topological polar surface area (TPSA) is 103 Å². The Kier molecular flexibility index (Phi) is 7.64. The molecule has 35 heavy (non-hydrogen) atoms. The number of aryl methyl sites for hydroxylation is 2. The van der Waals surface area contributed by atoms with Crippen LogP contribution in [0.5, 0.6) is 0 Å². The zero-order valence-corrected chi connectivity index (χ0v) is 20.3. The lowest BCUT2D eigenvalue weighted by Gasteiger charge is -2.35. The van der Waals surface area contributed by atoms with Crippen LogP contribution in [0.1, 0.15) is 30.9 Å². The van der Waals surface area contributed by atoms with Crippen molar-refractivity contribution in [2.24, 2.45) is 0 Å². The molecular formula is C26H32N6O3. The summed E-state index contributed by atoms with van der Waals surface area (Å²) in [5, 5.41) is 3.11. The second-order valence-electron chi connectivity index (χ2n) is 8.76. The van der Waals surface area contributed by atoms with Crippen molar-refractivity contribution >= 4 is 23.2 Å². The Morgan fingerprint density at radius 2 is 1.89 bits per heavy atom. The Morgan fingerprint density at radius 3 is 2.57 bits per heavy atom.